The lowest BCUT2D eigenvalue weighted by molar-refractivity contribution is 0.201. The topological polar surface area (TPSA) is 64.6 Å². The number of rotatable bonds is 6. The van der Waals surface area contributed by atoms with Gasteiger partial charge in [0.25, 0.3) is 0 Å². The molecule has 0 radical (unpaired) electrons. The van der Waals surface area contributed by atoms with E-state index < -0.39 is 0 Å². The maximum atomic E-state index is 11.9. The summed E-state index contributed by atoms with van der Waals surface area (Å²) in [7, 11) is 0. The average molecular weight is 295 g/mol. The van der Waals surface area contributed by atoms with Crippen LogP contribution in [0.5, 0.6) is 0 Å². The molecular formula is C16H29N3O2. The Balaban J connectivity index is 1.33. The van der Waals surface area contributed by atoms with Crippen LogP contribution in [-0.4, -0.2) is 54.9 Å². The number of likely N-dealkylation sites (tertiary alicyclic amines) is 1. The summed E-state index contributed by atoms with van der Waals surface area (Å²) in [5.41, 5.74) is -0.0124. The van der Waals surface area contributed by atoms with E-state index in [1.807, 2.05) is 0 Å². The van der Waals surface area contributed by atoms with E-state index in [4.69, 9.17) is 0 Å². The second-order valence-corrected chi connectivity index (χ2v) is 7.38. The van der Waals surface area contributed by atoms with Crippen LogP contribution in [0.2, 0.25) is 0 Å². The molecule has 3 aliphatic rings. The van der Waals surface area contributed by atoms with Crippen LogP contribution in [0.1, 0.15) is 44.9 Å². The maximum absolute atomic E-state index is 11.9. The Hall–Kier alpha value is -0.810. The molecule has 3 fully saturated rings. The summed E-state index contributed by atoms with van der Waals surface area (Å²) in [6, 6.07) is 0.220. The summed E-state index contributed by atoms with van der Waals surface area (Å²) in [5.74, 6) is 0.886. The lowest BCUT2D eigenvalue weighted by Crippen LogP contribution is -2.45. The molecule has 0 bridgehead atoms. The van der Waals surface area contributed by atoms with Crippen molar-refractivity contribution in [2.75, 3.05) is 32.8 Å². The third-order valence-corrected chi connectivity index (χ3v) is 5.52. The summed E-state index contributed by atoms with van der Waals surface area (Å²) in [6.07, 6.45) is 8.69. The van der Waals surface area contributed by atoms with Gasteiger partial charge in [0.2, 0.25) is 0 Å². The van der Waals surface area contributed by atoms with Crippen LogP contribution in [-0.2, 0) is 0 Å². The maximum Gasteiger partial charge on any atom is 0.315 e. The van der Waals surface area contributed by atoms with Crippen molar-refractivity contribution < 1.29 is 9.90 Å². The summed E-state index contributed by atoms with van der Waals surface area (Å²) in [6.45, 7) is 4.12. The minimum absolute atomic E-state index is 0.0124. The number of carbonyl (C=O) groups excluding carboxylic acids is 1. The molecule has 2 aliphatic carbocycles. The Morgan fingerprint density at radius 1 is 1.24 bits per heavy atom. The highest BCUT2D eigenvalue weighted by Gasteiger charge is 2.42. The zero-order valence-corrected chi connectivity index (χ0v) is 12.9. The normalized spacial score (nSPS) is 28.7. The van der Waals surface area contributed by atoms with E-state index in [0.29, 0.717) is 6.54 Å². The van der Waals surface area contributed by atoms with Gasteiger partial charge in [0, 0.05) is 37.6 Å². The summed E-state index contributed by atoms with van der Waals surface area (Å²) >= 11 is 0. The highest BCUT2D eigenvalue weighted by atomic mass is 16.3. The van der Waals surface area contributed by atoms with E-state index in [-0.39, 0.29) is 24.1 Å². The first-order valence-corrected chi connectivity index (χ1v) is 8.57. The van der Waals surface area contributed by atoms with Crippen molar-refractivity contribution in [3.05, 3.63) is 0 Å². The van der Waals surface area contributed by atoms with Crippen LogP contribution in [0.3, 0.4) is 0 Å². The molecule has 5 heteroatoms. The van der Waals surface area contributed by atoms with Gasteiger partial charge in [-0.2, -0.15) is 0 Å². The second kappa shape index (κ2) is 6.53. The van der Waals surface area contributed by atoms with Gasteiger partial charge < -0.3 is 20.6 Å². The average Bonchev–Trinajstić information content (AvgIpc) is 2.84. The molecule has 1 atom stereocenters. The van der Waals surface area contributed by atoms with Crippen molar-refractivity contribution in [2.24, 2.45) is 11.3 Å². The SMILES string of the molecule is O=C(NCC1(CO)CC1)NC1CCN(CC2CCCC2)C1. The summed E-state index contributed by atoms with van der Waals surface area (Å²) in [5, 5.41) is 15.3. The first-order valence-electron chi connectivity index (χ1n) is 8.57. The monoisotopic (exact) mass is 295 g/mol. The number of aliphatic hydroxyl groups excluding tert-OH is 1. The van der Waals surface area contributed by atoms with Crippen LogP contribution in [0.15, 0.2) is 0 Å². The van der Waals surface area contributed by atoms with Crippen molar-refractivity contribution in [3.63, 3.8) is 0 Å². The molecule has 21 heavy (non-hydrogen) atoms. The molecule has 0 aromatic carbocycles. The Morgan fingerprint density at radius 3 is 2.67 bits per heavy atom. The molecule has 5 nitrogen and oxygen atoms in total. The van der Waals surface area contributed by atoms with Crippen molar-refractivity contribution in [2.45, 2.75) is 51.0 Å². The van der Waals surface area contributed by atoms with Gasteiger partial charge in [-0.15, -0.1) is 0 Å². The van der Waals surface area contributed by atoms with E-state index in [9.17, 15) is 9.90 Å². The quantitative estimate of drug-likeness (QED) is 0.692. The van der Waals surface area contributed by atoms with Crippen LogP contribution < -0.4 is 10.6 Å². The number of hydrogen-bond donors (Lipinski definition) is 3. The largest absolute Gasteiger partial charge is 0.396 e. The van der Waals surface area contributed by atoms with Gasteiger partial charge in [-0.3, -0.25) is 0 Å². The Labute approximate surface area is 127 Å². The lowest BCUT2D eigenvalue weighted by atomic mass is 10.1. The van der Waals surface area contributed by atoms with Gasteiger partial charge in [-0.1, -0.05) is 12.8 Å². The van der Waals surface area contributed by atoms with E-state index in [1.165, 1.54) is 32.2 Å². The molecule has 3 rings (SSSR count). The molecule has 0 aromatic heterocycles. The molecule has 1 saturated heterocycles. The number of aliphatic hydroxyl groups is 1. The summed E-state index contributed by atoms with van der Waals surface area (Å²) in [4.78, 5) is 14.4. The first-order chi connectivity index (χ1) is 10.2. The smallest absolute Gasteiger partial charge is 0.315 e. The minimum Gasteiger partial charge on any atom is -0.396 e. The molecule has 3 N–H and O–H groups in total. The molecular weight excluding hydrogens is 266 g/mol. The zero-order valence-electron chi connectivity index (χ0n) is 12.9. The van der Waals surface area contributed by atoms with E-state index in [0.717, 1.165) is 38.3 Å². The predicted octanol–water partition coefficient (Wildman–Crippen LogP) is 1.32. The standard InChI is InChI=1S/C16H29N3O2/c20-12-16(6-7-16)11-17-15(21)18-14-5-8-19(10-14)9-13-3-1-2-4-13/h13-14,20H,1-12H2,(H2,17,18,21). The molecule has 0 spiro atoms. The van der Waals surface area contributed by atoms with Crippen molar-refractivity contribution in [1.82, 2.24) is 15.5 Å². The first kappa shape index (κ1) is 15.1. The van der Waals surface area contributed by atoms with Crippen LogP contribution >= 0.6 is 0 Å². The Bertz CT molecular complexity index is 365. The zero-order chi connectivity index (χ0) is 14.7. The Kier molecular flexibility index (Phi) is 4.69. The fraction of sp³-hybridized carbons (Fsp3) is 0.938. The van der Waals surface area contributed by atoms with Crippen molar-refractivity contribution >= 4 is 6.03 Å². The highest BCUT2D eigenvalue weighted by molar-refractivity contribution is 5.74. The number of urea groups is 1. The third-order valence-electron chi connectivity index (χ3n) is 5.52. The molecule has 0 aromatic rings. The van der Waals surface area contributed by atoms with E-state index >= 15 is 0 Å². The fourth-order valence-electron chi connectivity index (χ4n) is 3.75. The minimum atomic E-state index is -0.0672. The van der Waals surface area contributed by atoms with E-state index in [2.05, 4.69) is 15.5 Å². The van der Waals surface area contributed by atoms with Gasteiger partial charge in [0.15, 0.2) is 0 Å². The lowest BCUT2D eigenvalue weighted by Gasteiger charge is -2.20. The predicted molar refractivity (Wildman–Crippen MR) is 82.1 cm³/mol. The summed E-state index contributed by atoms with van der Waals surface area (Å²) < 4.78 is 0. The molecule has 1 heterocycles. The van der Waals surface area contributed by atoms with Gasteiger partial charge in [0.1, 0.15) is 0 Å². The molecule has 2 amide bonds. The van der Waals surface area contributed by atoms with E-state index in [1.54, 1.807) is 0 Å². The molecule has 120 valence electrons. The van der Waals surface area contributed by atoms with Crippen LogP contribution in [0, 0.1) is 11.3 Å². The van der Waals surface area contributed by atoms with Crippen molar-refractivity contribution in [1.29, 1.82) is 0 Å². The number of nitrogens with one attached hydrogen (secondary N) is 2. The van der Waals surface area contributed by atoms with Crippen LogP contribution in [0.4, 0.5) is 4.79 Å². The van der Waals surface area contributed by atoms with Gasteiger partial charge in [-0.25, -0.2) is 4.79 Å². The number of carbonyl (C=O) groups is 1. The molecule has 2 saturated carbocycles. The molecule has 1 aliphatic heterocycles. The fourth-order valence-corrected chi connectivity index (χ4v) is 3.75. The molecule has 1 unspecified atom stereocenters. The number of nitrogens with zero attached hydrogens (tertiary/aromatic N) is 1. The highest BCUT2D eigenvalue weighted by Crippen LogP contribution is 2.44. The second-order valence-electron chi connectivity index (χ2n) is 7.38. The van der Waals surface area contributed by atoms with Gasteiger partial charge in [-0.05, 0) is 38.0 Å². The Morgan fingerprint density at radius 2 is 2.00 bits per heavy atom. The van der Waals surface area contributed by atoms with Crippen molar-refractivity contribution in [3.8, 4) is 0 Å². The van der Waals surface area contributed by atoms with Crippen LogP contribution in [0.25, 0.3) is 0 Å². The third kappa shape index (κ3) is 4.10. The number of amides is 2. The van der Waals surface area contributed by atoms with Gasteiger partial charge >= 0.3 is 6.03 Å². The number of hydrogen-bond acceptors (Lipinski definition) is 3. The van der Waals surface area contributed by atoms with Gasteiger partial charge in [0.05, 0.1) is 6.61 Å².